The van der Waals surface area contributed by atoms with Crippen LogP contribution in [0.15, 0.2) is 51.8 Å². The fraction of sp³-hybridized carbons (Fsp3) is 0.350. The van der Waals surface area contributed by atoms with Crippen molar-refractivity contribution in [2.45, 2.75) is 11.4 Å². The topological polar surface area (TPSA) is 42.0 Å². The third-order valence-electron chi connectivity index (χ3n) is 4.74. The largest absolute Gasteiger partial charge is 0.454 e. The molecular formula is C20H21BrN2O3S. The minimum Gasteiger partial charge on any atom is -0.454 e. The summed E-state index contributed by atoms with van der Waals surface area (Å²) >= 11 is 5.02. The lowest BCUT2D eigenvalue weighted by molar-refractivity contribution is -0.130. The van der Waals surface area contributed by atoms with E-state index in [1.54, 1.807) is 11.8 Å². The quantitative estimate of drug-likeness (QED) is 0.653. The fourth-order valence-electron chi connectivity index (χ4n) is 3.22. The van der Waals surface area contributed by atoms with E-state index in [-0.39, 0.29) is 5.91 Å². The first-order valence-corrected chi connectivity index (χ1v) is 10.7. The van der Waals surface area contributed by atoms with Crippen LogP contribution in [0, 0.1) is 0 Å². The molecule has 7 heteroatoms. The Hall–Kier alpha value is -1.70. The molecule has 0 spiro atoms. The Labute approximate surface area is 171 Å². The van der Waals surface area contributed by atoms with Gasteiger partial charge in [0.05, 0.1) is 5.75 Å². The van der Waals surface area contributed by atoms with Crippen LogP contribution in [0.25, 0.3) is 0 Å². The average molecular weight is 449 g/mol. The molecule has 0 radical (unpaired) electrons. The van der Waals surface area contributed by atoms with E-state index >= 15 is 0 Å². The predicted molar refractivity (Wildman–Crippen MR) is 109 cm³/mol. The van der Waals surface area contributed by atoms with E-state index in [4.69, 9.17) is 9.47 Å². The first-order chi connectivity index (χ1) is 13.2. The van der Waals surface area contributed by atoms with E-state index < -0.39 is 0 Å². The van der Waals surface area contributed by atoms with Gasteiger partial charge in [-0.2, -0.15) is 0 Å². The zero-order valence-corrected chi connectivity index (χ0v) is 17.3. The Bertz CT molecular complexity index is 807. The van der Waals surface area contributed by atoms with Gasteiger partial charge in [0.1, 0.15) is 0 Å². The highest BCUT2D eigenvalue weighted by Crippen LogP contribution is 2.32. The average Bonchev–Trinajstić information content (AvgIpc) is 3.16. The predicted octanol–water partition coefficient (Wildman–Crippen LogP) is 3.61. The molecule has 142 valence electrons. The van der Waals surface area contributed by atoms with Crippen molar-refractivity contribution in [2.24, 2.45) is 0 Å². The maximum Gasteiger partial charge on any atom is 0.233 e. The van der Waals surface area contributed by atoms with Crippen molar-refractivity contribution in [3.63, 3.8) is 0 Å². The lowest BCUT2D eigenvalue weighted by atomic mass is 10.1. The smallest absolute Gasteiger partial charge is 0.233 e. The van der Waals surface area contributed by atoms with Crippen LogP contribution >= 0.6 is 27.7 Å². The van der Waals surface area contributed by atoms with Gasteiger partial charge in [-0.3, -0.25) is 9.69 Å². The van der Waals surface area contributed by atoms with Crippen LogP contribution in [0.2, 0.25) is 0 Å². The van der Waals surface area contributed by atoms with Gasteiger partial charge < -0.3 is 14.4 Å². The summed E-state index contributed by atoms with van der Waals surface area (Å²) in [5, 5.41) is 0. The minimum absolute atomic E-state index is 0.214. The van der Waals surface area contributed by atoms with E-state index in [1.165, 1.54) is 5.56 Å². The van der Waals surface area contributed by atoms with Gasteiger partial charge >= 0.3 is 0 Å². The normalized spacial score (nSPS) is 16.6. The second-order valence-electron chi connectivity index (χ2n) is 6.59. The van der Waals surface area contributed by atoms with Gasteiger partial charge in [-0.15, -0.1) is 11.8 Å². The number of carbonyl (C=O) groups excluding carboxylic acids is 1. The van der Waals surface area contributed by atoms with Crippen LogP contribution in [0.5, 0.6) is 11.5 Å². The van der Waals surface area contributed by atoms with Crippen LogP contribution in [0.4, 0.5) is 0 Å². The molecule has 0 atom stereocenters. The first-order valence-electron chi connectivity index (χ1n) is 8.94. The Morgan fingerprint density at radius 2 is 1.74 bits per heavy atom. The molecule has 4 rings (SSSR count). The highest BCUT2D eigenvalue weighted by Gasteiger charge is 2.22. The summed E-state index contributed by atoms with van der Waals surface area (Å²) in [4.78, 5) is 17.9. The summed E-state index contributed by atoms with van der Waals surface area (Å²) in [5.74, 6) is 2.35. The molecule has 0 aliphatic carbocycles. The van der Waals surface area contributed by atoms with Gasteiger partial charge in [0.2, 0.25) is 12.7 Å². The highest BCUT2D eigenvalue weighted by atomic mass is 79.9. The van der Waals surface area contributed by atoms with Crippen LogP contribution in [0.3, 0.4) is 0 Å². The molecule has 0 saturated carbocycles. The molecule has 0 unspecified atom stereocenters. The van der Waals surface area contributed by atoms with Crippen molar-refractivity contribution < 1.29 is 14.3 Å². The molecule has 1 saturated heterocycles. The molecule has 2 aliphatic rings. The summed E-state index contributed by atoms with van der Waals surface area (Å²) in [6, 6.07) is 14.2. The highest BCUT2D eigenvalue weighted by molar-refractivity contribution is 9.10. The number of halogens is 1. The Balaban J connectivity index is 1.23. The summed E-state index contributed by atoms with van der Waals surface area (Å²) in [5.41, 5.74) is 1.21. The summed E-state index contributed by atoms with van der Waals surface area (Å²) in [7, 11) is 0. The molecule has 0 N–H and O–H groups in total. The van der Waals surface area contributed by atoms with Gasteiger partial charge in [0.25, 0.3) is 0 Å². The van der Waals surface area contributed by atoms with Crippen molar-refractivity contribution >= 4 is 33.6 Å². The van der Waals surface area contributed by atoms with Crippen molar-refractivity contribution in [1.29, 1.82) is 0 Å². The van der Waals surface area contributed by atoms with Crippen molar-refractivity contribution in [1.82, 2.24) is 9.80 Å². The zero-order valence-electron chi connectivity index (χ0n) is 14.9. The molecule has 5 nitrogen and oxygen atoms in total. The monoisotopic (exact) mass is 448 g/mol. The molecule has 2 aromatic carbocycles. The van der Waals surface area contributed by atoms with Crippen LogP contribution in [-0.2, 0) is 11.3 Å². The summed E-state index contributed by atoms with van der Waals surface area (Å²) in [6.07, 6.45) is 0. The molecule has 2 aromatic rings. The zero-order chi connectivity index (χ0) is 18.6. The second-order valence-corrected chi connectivity index (χ2v) is 8.55. The number of ether oxygens (including phenoxy) is 2. The SMILES string of the molecule is O=C(CSc1ccc(Br)cc1)N1CCN(Cc2ccc3c(c2)OCO3)CC1. The van der Waals surface area contributed by atoms with Crippen molar-refractivity contribution in [2.75, 3.05) is 38.7 Å². The van der Waals surface area contributed by atoms with Crippen LogP contribution in [-0.4, -0.2) is 54.4 Å². The number of piperazine rings is 1. The van der Waals surface area contributed by atoms with E-state index in [0.29, 0.717) is 12.5 Å². The number of hydrogen-bond donors (Lipinski definition) is 0. The Kier molecular flexibility index (Phi) is 5.90. The lowest BCUT2D eigenvalue weighted by Gasteiger charge is -2.34. The van der Waals surface area contributed by atoms with Crippen LogP contribution in [0.1, 0.15) is 5.56 Å². The molecule has 0 aromatic heterocycles. The number of thioether (sulfide) groups is 1. The van der Waals surface area contributed by atoms with E-state index in [2.05, 4.69) is 33.0 Å². The van der Waals surface area contributed by atoms with Gasteiger partial charge in [0, 0.05) is 42.1 Å². The molecule has 0 bridgehead atoms. The maximum atomic E-state index is 12.5. The number of amides is 1. The Morgan fingerprint density at radius 1 is 1.00 bits per heavy atom. The van der Waals surface area contributed by atoms with E-state index in [1.807, 2.05) is 35.2 Å². The molecular weight excluding hydrogens is 428 g/mol. The van der Waals surface area contributed by atoms with Crippen LogP contribution < -0.4 is 9.47 Å². The maximum absolute atomic E-state index is 12.5. The molecule has 1 amide bonds. The number of carbonyl (C=O) groups is 1. The van der Waals surface area contributed by atoms with Gasteiger partial charge in [0.15, 0.2) is 11.5 Å². The van der Waals surface area contributed by atoms with Gasteiger partial charge in [-0.25, -0.2) is 0 Å². The third-order valence-corrected chi connectivity index (χ3v) is 6.27. The van der Waals surface area contributed by atoms with E-state index in [9.17, 15) is 4.79 Å². The molecule has 1 fully saturated rings. The molecule has 2 heterocycles. The Morgan fingerprint density at radius 3 is 2.52 bits per heavy atom. The second kappa shape index (κ2) is 8.54. The first kappa shape index (κ1) is 18.7. The standard InChI is InChI=1S/C20H21BrN2O3S/c21-16-2-4-17(5-3-16)27-13-20(24)23-9-7-22(8-10-23)12-15-1-6-18-19(11-15)26-14-25-18/h1-6,11H,7-10,12-14H2. The summed E-state index contributed by atoms with van der Waals surface area (Å²) < 4.78 is 11.9. The summed E-state index contributed by atoms with van der Waals surface area (Å²) in [6.45, 7) is 4.52. The number of nitrogens with zero attached hydrogens (tertiary/aromatic N) is 2. The minimum atomic E-state index is 0.214. The number of hydrogen-bond acceptors (Lipinski definition) is 5. The third kappa shape index (κ3) is 4.78. The lowest BCUT2D eigenvalue weighted by Crippen LogP contribution is -2.48. The molecule has 2 aliphatic heterocycles. The van der Waals surface area contributed by atoms with Crippen molar-refractivity contribution in [3.8, 4) is 11.5 Å². The number of rotatable bonds is 5. The van der Waals surface area contributed by atoms with Crippen molar-refractivity contribution in [3.05, 3.63) is 52.5 Å². The van der Waals surface area contributed by atoms with E-state index in [0.717, 1.165) is 53.6 Å². The van der Waals surface area contributed by atoms with Gasteiger partial charge in [-0.05, 0) is 42.0 Å². The van der Waals surface area contributed by atoms with Gasteiger partial charge in [-0.1, -0.05) is 22.0 Å². The number of benzene rings is 2. The fourth-order valence-corrected chi connectivity index (χ4v) is 4.29. The number of fused-ring (bicyclic) bond motifs is 1. The molecule has 27 heavy (non-hydrogen) atoms.